The number of rotatable bonds is 5. The number of hydrogen-bond acceptors (Lipinski definition) is 4. The van der Waals surface area contributed by atoms with Crippen LogP contribution in [-0.4, -0.2) is 18.6 Å². The lowest BCUT2D eigenvalue weighted by Gasteiger charge is -2.14. The molecule has 3 rings (SSSR count). The number of carbonyl (C=O) groups is 1. The highest BCUT2D eigenvalue weighted by atomic mass is 16.5. The van der Waals surface area contributed by atoms with Gasteiger partial charge < -0.3 is 20.5 Å². The number of primary amides is 1. The van der Waals surface area contributed by atoms with Crippen LogP contribution in [0.2, 0.25) is 0 Å². The molecule has 1 aliphatic rings. The molecule has 3 N–H and O–H groups in total. The van der Waals surface area contributed by atoms with Crippen LogP contribution in [0.1, 0.15) is 17.5 Å². The normalized spacial score (nSPS) is 16.6. The van der Waals surface area contributed by atoms with Gasteiger partial charge in [0, 0.05) is 25.1 Å². The number of nitrogens with two attached hydrogens (primary N) is 1. The van der Waals surface area contributed by atoms with Gasteiger partial charge in [0.15, 0.2) is 17.6 Å². The van der Waals surface area contributed by atoms with Crippen molar-refractivity contribution in [1.82, 2.24) is 5.32 Å². The van der Waals surface area contributed by atoms with Gasteiger partial charge in [-0.3, -0.25) is 4.79 Å². The Labute approximate surface area is 135 Å². The van der Waals surface area contributed by atoms with Crippen molar-refractivity contribution in [1.29, 1.82) is 0 Å². The van der Waals surface area contributed by atoms with Crippen molar-refractivity contribution in [2.24, 2.45) is 5.73 Å². The molecule has 0 radical (unpaired) electrons. The van der Waals surface area contributed by atoms with Gasteiger partial charge in [-0.2, -0.15) is 0 Å². The molecule has 0 saturated heterocycles. The summed E-state index contributed by atoms with van der Waals surface area (Å²) < 4.78 is 11.5. The molecule has 5 heteroatoms. The third-order valence-electron chi connectivity index (χ3n) is 3.76. The van der Waals surface area contributed by atoms with Gasteiger partial charge in [-0.25, -0.2) is 0 Å². The molecule has 2 aromatic rings. The predicted molar refractivity (Wildman–Crippen MR) is 87.2 cm³/mol. The Kier molecular flexibility index (Phi) is 4.78. The van der Waals surface area contributed by atoms with Crippen molar-refractivity contribution in [3.8, 4) is 11.5 Å². The number of para-hydroxylation sites is 1. The zero-order valence-electron chi connectivity index (χ0n) is 12.8. The van der Waals surface area contributed by atoms with Crippen LogP contribution >= 0.6 is 0 Å². The van der Waals surface area contributed by atoms with Crippen LogP contribution in [-0.2, 0) is 17.9 Å². The fourth-order valence-corrected chi connectivity index (χ4v) is 2.58. The number of ether oxygens (including phenoxy) is 2. The lowest BCUT2D eigenvalue weighted by Crippen LogP contribution is -2.33. The molecule has 1 amide bonds. The highest BCUT2D eigenvalue weighted by Crippen LogP contribution is 2.34. The van der Waals surface area contributed by atoms with Crippen molar-refractivity contribution in [2.75, 3.05) is 6.61 Å². The number of carbonyl (C=O) groups excluding carboxylic acids is 1. The fourth-order valence-electron chi connectivity index (χ4n) is 2.58. The molecule has 1 unspecified atom stereocenters. The minimum Gasteiger partial charge on any atom is -0.489 e. The van der Waals surface area contributed by atoms with E-state index in [0.29, 0.717) is 31.1 Å². The Morgan fingerprint density at radius 1 is 1.13 bits per heavy atom. The predicted octanol–water partition coefficient (Wildman–Crippen LogP) is 1.99. The molecule has 120 valence electrons. The highest BCUT2D eigenvalue weighted by Gasteiger charge is 2.24. The van der Waals surface area contributed by atoms with E-state index in [4.69, 9.17) is 15.2 Å². The van der Waals surface area contributed by atoms with Gasteiger partial charge >= 0.3 is 0 Å². The second-order valence-corrected chi connectivity index (χ2v) is 5.48. The van der Waals surface area contributed by atoms with Gasteiger partial charge in [0.05, 0.1) is 6.61 Å². The SMILES string of the molecule is NC(=O)C1CCOc2c(CNCc3ccccc3)cccc2O1. The molecule has 0 bridgehead atoms. The van der Waals surface area contributed by atoms with Crippen LogP contribution in [0.25, 0.3) is 0 Å². The standard InChI is InChI=1S/C18H20N2O3/c19-18(21)16-9-10-22-17-14(7-4-8-15(17)23-16)12-20-11-13-5-2-1-3-6-13/h1-8,16,20H,9-12H2,(H2,19,21). The monoisotopic (exact) mass is 312 g/mol. The Morgan fingerprint density at radius 2 is 1.96 bits per heavy atom. The zero-order chi connectivity index (χ0) is 16.1. The first-order valence-corrected chi connectivity index (χ1v) is 7.69. The maximum Gasteiger partial charge on any atom is 0.258 e. The summed E-state index contributed by atoms with van der Waals surface area (Å²) in [5, 5.41) is 3.40. The average Bonchev–Trinajstić information content (AvgIpc) is 2.79. The topological polar surface area (TPSA) is 73.6 Å². The van der Waals surface area contributed by atoms with Gasteiger partial charge in [0.25, 0.3) is 5.91 Å². The summed E-state index contributed by atoms with van der Waals surface area (Å²) >= 11 is 0. The summed E-state index contributed by atoms with van der Waals surface area (Å²) in [6, 6.07) is 15.9. The van der Waals surface area contributed by atoms with E-state index in [2.05, 4.69) is 17.4 Å². The fraction of sp³-hybridized carbons (Fsp3) is 0.278. The van der Waals surface area contributed by atoms with Crippen LogP contribution in [0, 0.1) is 0 Å². The Bertz CT molecular complexity index is 673. The molecule has 0 saturated carbocycles. The van der Waals surface area contributed by atoms with E-state index >= 15 is 0 Å². The molecular formula is C18H20N2O3. The van der Waals surface area contributed by atoms with Gasteiger partial charge in [-0.05, 0) is 11.6 Å². The molecule has 0 aromatic heterocycles. The number of hydrogen-bond donors (Lipinski definition) is 2. The lowest BCUT2D eigenvalue weighted by molar-refractivity contribution is -0.124. The van der Waals surface area contributed by atoms with E-state index in [-0.39, 0.29) is 0 Å². The lowest BCUT2D eigenvalue weighted by atomic mass is 10.1. The number of fused-ring (bicyclic) bond motifs is 1. The van der Waals surface area contributed by atoms with Crippen molar-refractivity contribution in [2.45, 2.75) is 25.6 Å². The average molecular weight is 312 g/mol. The van der Waals surface area contributed by atoms with E-state index < -0.39 is 12.0 Å². The van der Waals surface area contributed by atoms with E-state index in [9.17, 15) is 4.79 Å². The molecule has 23 heavy (non-hydrogen) atoms. The Balaban J connectivity index is 1.69. The summed E-state index contributed by atoms with van der Waals surface area (Å²) in [6.45, 7) is 1.84. The summed E-state index contributed by atoms with van der Waals surface area (Å²) in [4.78, 5) is 11.4. The maximum atomic E-state index is 11.4. The van der Waals surface area contributed by atoms with Crippen LogP contribution in [0.4, 0.5) is 0 Å². The molecular weight excluding hydrogens is 292 g/mol. The third-order valence-corrected chi connectivity index (χ3v) is 3.76. The van der Waals surface area contributed by atoms with Crippen molar-refractivity contribution in [3.05, 3.63) is 59.7 Å². The molecule has 1 atom stereocenters. The van der Waals surface area contributed by atoms with E-state index in [0.717, 1.165) is 12.1 Å². The van der Waals surface area contributed by atoms with Gasteiger partial charge in [0.1, 0.15) is 0 Å². The largest absolute Gasteiger partial charge is 0.489 e. The molecule has 5 nitrogen and oxygen atoms in total. The maximum absolute atomic E-state index is 11.4. The molecule has 0 aliphatic carbocycles. The van der Waals surface area contributed by atoms with Gasteiger partial charge in [0.2, 0.25) is 0 Å². The Morgan fingerprint density at radius 3 is 2.74 bits per heavy atom. The van der Waals surface area contributed by atoms with Crippen molar-refractivity contribution < 1.29 is 14.3 Å². The third kappa shape index (κ3) is 3.81. The van der Waals surface area contributed by atoms with E-state index in [1.54, 1.807) is 6.07 Å². The van der Waals surface area contributed by atoms with Crippen LogP contribution < -0.4 is 20.5 Å². The number of benzene rings is 2. The van der Waals surface area contributed by atoms with Gasteiger partial charge in [-0.15, -0.1) is 0 Å². The summed E-state index contributed by atoms with van der Waals surface area (Å²) in [7, 11) is 0. The second-order valence-electron chi connectivity index (χ2n) is 5.48. The first-order chi connectivity index (χ1) is 11.2. The van der Waals surface area contributed by atoms with E-state index in [1.165, 1.54) is 5.56 Å². The van der Waals surface area contributed by atoms with Crippen LogP contribution in [0.3, 0.4) is 0 Å². The smallest absolute Gasteiger partial charge is 0.258 e. The summed E-state index contributed by atoms with van der Waals surface area (Å²) in [6.07, 6.45) is -0.176. The van der Waals surface area contributed by atoms with Crippen molar-refractivity contribution in [3.63, 3.8) is 0 Å². The van der Waals surface area contributed by atoms with Crippen LogP contribution in [0.5, 0.6) is 11.5 Å². The number of nitrogens with one attached hydrogen (secondary N) is 1. The molecule has 0 spiro atoms. The second kappa shape index (κ2) is 7.15. The molecule has 2 aromatic carbocycles. The van der Waals surface area contributed by atoms with Crippen LogP contribution in [0.15, 0.2) is 48.5 Å². The van der Waals surface area contributed by atoms with Crippen molar-refractivity contribution >= 4 is 5.91 Å². The highest BCUT2D eigenvalue weighted by molar-refractivity contribution is 5.79. The molecule has 1 heterocycles. The molecule has 0 fully saturated rings. The zero-order valence-corrected chi connectivity index (χ0v) is 12.8. The first kappa shape index (κ1) is 15.4. The molecule has 1 aliphatic heterocycles. The summed E-state index contributed by atoms with van der Waals surface area (Å²) in [5.41, 5.74) is 7.57. The Hall–Kier alpha value is -2.53. The van der Waals surface area contributed by atoms with Gasteiger partial charge in [-0.1, -0.05) is 42.5 Å². The minimum atomic E-state index is -0.635. The van der Waals surface area contributed by atoms with E-state index in [1.807, 2.05) is 30.3 Å². The first-order valence-electron chi connectivity index (χ1n) is 7.69. The number of amides is 1. The minimum absolute atomic E-state index is 0.413. The quantitative estimate of drug-likeness (QED) is 0.885. The summed E-state index contributed by atoms with van der Waals surface area (Å²) in [5.74, 6) is 0.802.